The van der Waals surface area contributed by atoms with E-state index in [1.54, 1.807) is 48.5 Å². The molecule has 86 valence electrons. The summed E-state index contributed by atoms with van der Waals surface area (Å²) >= 11 is 0. The van der Waals surface area contributed by atoms with Gasteiger partial charge in [-0.3, -0.25) is 0 Å². The lowest BCUT2D eigenvalue weighted by atomic mass is 10.2. The first kappa shape index (κ1) is 11.2. The zero-order valence-electron chi connectivity index (χ0n) is 9.30. The van der Waals surface area contributed by atoms with Crippen LogP contribution in [0.4, 0.5) is 11.4 Å². The van der Waals surface area contributed by atoms with Gasteiger partial charge >= 0.3 is 7.69 Å². The largest absolute Gasteiger partial charge is 0.576 e. The zero-order chi connectivity index (χ0) is 12.1. The first-order valence-electron chi connectivity index (χ1n) is 5.21. The topological polar surface area (TPSA) is 70.5 Å². The van der Waals surface area contributed by atoms with Crippen LogP contribution in [0.1, 0.15) is 0 Å². The molecule has 2 aromatic carbocycles. The van der Waals surface area contributed by atoms with Gasteiger partial charge in [-0.05, 0) is 48.5 Å². The molecule has 0 aromatic heterocycles. The maximum atomic E-state index is 5.56. The first-order valence-corrected chi connectivity index (χ1v) is 5.21. The van der Waals surface area contributed by atoms with E-state index in [9.17, 15) is 0 Å². The van der Waals surface area contributed by atoms with Crippen LogP contribution in [-0.4, -0.2) is 7.69 Å². The Morgan fingerprint density at radius 1 is 0.647 bits per heavy atom. The van der Waals surface area contributed by atoms with Crippen molar-refractivity contribution in [1.82, 2.24) is 0 Å². The molecule has 0 spiro atoms. The molecule has 0 unspecified atom stereocenters. The van der Waals surface area contributed by atoms with E-state index in [2.05, 4.69) is 0 Å². The Morgan fingerprint density at radius 3 is 1.35 bits per heavy atom. The number of nitrogens with two attached hydrogens (primary N) is 2. The molecule has 5 heteroatoms. The van der Waals surface area contributed by atoms with Gasteiger partial charge in [0.15, 0.2) is 0 Å². The van der Waals surface area contributed by atoms with Crippen molar-refractivity contribution in [2.75, 3.05) is 11.5 Å². The van der Waals surface area contributed by atoms with Crippen LogP contribution in [0.15, 0.2) is 48.5 Å². The smallest absolute Gasteiger partial charge is 0.529 e. The molecule has 0 aliphatic carbocycles. The third-order valence-electron chi connectivity index (χ3n) is 2.21. The highest BCUT2D eigenvalue weighted by Gasteiger charge is 1.99. The van der Waals surface area contributed by atoms with Gasteiger partial charge < -0.3 is 20.8 Å². The van der Waals surface area contributed by atoms with Gasteiger partial charge in [0.2, 0.25) is 0 Å². The Bertz CT molecular complexity index is 425. The molecule has 4 nitrogen and oxygen atoms in total. The molecule has 2 aromatic rings. The van der Waals surface area contributed by atoms with Gasteiger partial charge in [0.05, 0.1) is 0 Å². The SMILES string of the molecule is Nc1ccc(OBOc2ccc(N)cc2)cc1. The predicted octanol–water partition coefficient (Wildman–Crippen LogP) is 1.58. The number of nitrogen functional groups attached to an aromatic ring is 2. The molecule has 2 rings (SSSR count). The van der Waals surface area contributed by atoms with Gasteiger partial charge in [-0.15, -0.1) is 0 Å². The first-order chi connectivity index (χ1) is 8.24. The molecule has 0 saturated carbocycles. The maximum Gasteiger partial charge on any atom is 0.576 e. The van der Waals surface area contributed by atoms with Gasteiger partial charge in [0.1, 0.15) is 11.5 Å². The molecular formula is C12H13BN2O2. The fourth-order valence-corrected chi connectivity index (χ4v) is 1.29. The van der Waals surface area contributed by atoms with E-state index in [1.807, 2.05) is 0 Å². The van der Waals surface area contributed by atoms with Crippen LogP contribution in [0.3, 0.4) is 0 Å². The van der Waals surface area contributed by atoms with Crippen molar-refractivity contribution in [3.63, 3.8) is 0 Å². The van der Waals surface area contributed by atoms with Crippen molar-refractivity contribution in [2.24, 2.45) is 0 Å². The van der Waals surface area contributed by atoms with Crippen LogP contribution in [0.2, 0.25) is 0 Å². The highest BCUT2D eigenvalue weighted by molar-refractivity contribution is 6.20. The number of hydrogen-bond acceptors (Lipinski definition) is 4. The van der Waals surface area contributed by atoms with Crippen LogP contribution in [0.5, 0.6) is 11.5 Å². The fraction of sp³-hybridized carbons (Fsp3) is 0. The average molecular weight is 228 g/mol. The lowest BCUT2D eigenvalue weighted by molar-refractivity contribution is 0.459. The van der Waals surface area contributed by atoms with Crippen molar-refractivity contribution in [3.05, 3.63) is 48.5 Å². The summed E-state index contributed by atoms with van der Waals surface area (Å²) in [6, 6.07) is 14.3. The fourth-order valence-electron chi connectivity index (χ4n) is 1.29. The third kappa shape index (κ3) is 3.34. The van der Waals surface area contributed by atoms with Crippen LogP contribution in [-0.2, 0) is 0 Å². The summed E-state index contributed by atoms with van der Waals surface area (Å²) < 4.78 is 10.8. The molecule has 0 bridgehead atoms. The second kappa shape index (κ2) is 5.16. The summed E-state index contributed by atoms with van der Waals surface area (Å²) in [7, 11) is 0.147. The van der Waals surface area contributed by atoms with E-state index >= 15 is 0 Å². The lowest BCUT2D eigenvalue weighted by Gasteiger charge is -2.07. The molecule has 0 fully saturated rings. The van der Waals surface area contributed by atoms with Gasteiger partial charge in [-0.2, -0.15) is 0 Å². The van der Waals surface area contributed by atoms with Crippen molar-refractivity contribution in [2.45, 2.75) is 0 Å². The van der Waals surface area contributed by atoms with Crippen LogP contribution in [0, 0.1) is 0 Å². The summed E-state index contributed by atoms with van der Waals surface area (Å²) in [5.41, 5.74) is 12.5. The second-order valence-corrected chi connectivity index (χ2v) is 3.54. The van der Waals surface area contributed by atoms with E-state index in [-0.39, 0.29) is 7.69 Å². The van der Waals surface area contributed by atoms with Crippen LogP contribution < -0.4 is 20.8 Å². The Kier molecular flexibility index (Phi) is 3.40. The molecule has 0 aliphatic heterocycles. The minimum absolute atomic E-state index is 0.147. The number of benzene rings is 2. The average Bonchev–Trinajstić information content (AvgIpc) is 2.34. The van der Waals surface area contributed by atoms with Crippen LogP contribution >= 0.6 is 0 Å². The number of hydrogen-bond donors (Lipinski definition) is 2. The normalized spacial score (nSPS) is 9.65. The molecule has 4 N–H and O–H groups in total. The summed E-state index contributed by atoms with van der Waals surface area (Å²) in [5.74, 6) is 1.43. The van der Waals surface area contributed by atoms with Crippen molar-refractivity contribution in [1.29, 1.82) is 0 Å². The van der Waals surface area contributed by atoms with E-state index < -0.39 is 0 Å². The molecule has 0 radical (unpaired) electrons. The number of anilines is 2. The highest BCUT2D eigenvalue weighted by Crippen LogP contribution is 2.15. The summed E-state index contributed by atoms with van der Waals surface area (Å²) in [4.78, 5) is 0. The minimum Gasteiger partial charge on any atom is -0.529 e. The summed E-state index contributed by atoms with van der Waals surface area (Å²) in [6.45, 7) is 0. The standard InChI is InChI=1S/C12H13BN2O2/c14-9-1-5-11(6-2-9)16-13-17-12-7-3-10(15)4-8-12/h1-8,13H,14-15H2. The van der Waals surface area contributed by atoms with Gasteiger partial charge in [-0.1, -0.05) is 0 Å². The maximum absolute atomic E-state index is 5.56. The van der Waals surface area contributed by atoms with E-state index in [1.165, 1.54) is 0 Å². The third-order valence-corrected chi connectivity index (χ3v) is 2.21. The molecule has 0 atom stereocenters. The Hall–Kier alpha value is -2.30. The van der Waals surface area contributed by atoms with E-state index in [4.69, 9.17) is 20.8 Å². The van der Waals surface area contributed by atoms with E-state index in [0.717, 1.165) is 11.5 Å². The zero-order valence-corrected chi connectivity index (χ0v) is 9.30. The summed E-state index contributed by atoms with van der Waals surface area (Å²) in [5, 5.41) is 0. The molecule has 0 heterocycles. The minimum atomic E-state index is 0.147. The van der Waals surface area contributed by atoms with Crippen molar-refractivity contribution < 1.29 is 9.31 Å². The Morgan fingerprint density at radius 2 is 1.00 bits per heavy atom. The molecule has 0 amide bonds. The molecule has 0 aliphatic rings. The Labute approximate surface area is 100 Å². The Balaban J connectivity index is 1.83. The van der Waals surface area contributed by atoms with E-state index in [0.29, 0.717) is 11.4 Å². The number of rotatable bonds is 4. The predicted molar refractivity (Wildman–Crippen MR) is 70.1 cm³/mol. The van der Waals surface area contributed by atoms with Gasteiger partial charge in [0, 0.05) is 11.4 Å². The molecule has 17 heavy (non-hydrogen) atoms. The second-order valence-electron chi connectivity index (χ2n) is 3.54. The highest BCUT2D eigenvalue weighted by atomic mass is 16.6. The van der Waals surface area contributed by atoms with Crippen LogP contribution in [0.25, 0.3) is 0 Å². The molecule has 0 saturated heterocycles. The monoisotopic (exact) mass is 228 g/mol. The van der Waals surface area contributed by atoms with Gasteiger partial charge in [0.25, 0.3) is 0 Å². The van der Waals surface area contributed by atoms with Gasteiger partial charge in [-0.25, -0.2) is 0 Å². The molecular weight excluding hydrogens is 215 g/mol. The quantitative estimate of drug-likeness (QED) is 0.615. The van der Waals surface area contributed by atoms with Crippen molar-refractivity contribution >= 4 is 19.1 Å². The van der Waals surface area contributed by atoms with Crippen molar-refractivity contribution in [3.8, 4) is 11.5 Å². The summed E-state index contributed by atoms with van der Waals surface area (Å²) in [6.07, 6.45) is 0. The lowest BCUT2D eigenvalue weighted by Crippen LogP contribution is -2.10.